The molecule has 0 radical (unpaired) electrons. The molecule has 0 heterocycles. The van der Waals surface area contributed by atoms with Crippen LogP contribution in [0.2, 0.25) is 0 Å². The van der Waals surface area contributed by atoms with Gasteiger partial charge in [0.15, 0.2) is 0 Å². The number of benzene rings is 3. The fourth-order valence-electron chi connectivity index (χ4n) is 3.25. The summed E-state index contributed by atoms with van der Waals surface area (Å²) in [5.41, 5.74) is 3.22. The third kappa shape index (κ3) is 2.30. The first kappa shape index (κ1) is 14.3. The highest BCUT2D eigenvalue weighted by Gasteiger charge is 2.24. The Morgan fingerprint density at radius 1 is 0.870 bits per heavy atom. The quantitative estimate of drug-likeness (QED) is 0.684. The maximum absolute atomic E-state index is 12.8. The first-order valence-corrected chi connectivity index (χ1v) is 9.01. The van der Waals surface area contributed by atoms with E-state index in [9.17, 15) is 8.42 Å². The second-order valence-corrected chi connectivity index (χ2v) is 7.38. The molecule has 116 valence electrons. The summed E-state index contributed by atoms with van der Waals surface area (Å²) in [7, 11) is -3.87. The summed E-state index contributed by atoms with van der Waals surface area (Å²) in [5.74, 6) is 0.371. The van der Waals surface area contributed by atoms with Crippen LogP contribution in [0, 0.1) is 6.92 Å². The molecule has 1 aliphatic rings. The van der Waals surface area contributed by atoms with Gasteiger partial charge in [-0.3, -0.25) is 0 Å². The lowest BCUT2D eigenvalue weighted by Gasteiger charge is -2.12. The molecule has 0 fully saturated rings. The van der Waals surface area contributed by atoms with Gasteiger partial charge < -0.3 is 4.18 Å². The molecule has 0 bridgehead atoms. The largest absolute Gasteiger partial charge is 0.379 e. The summed E-state index contributed by atoms with van der Waals surface area (Å²) in [6.07, 6.45) is 1.93. The van der Waals surface area contributed by atoms with E-state index in [1.165, 1.54) is 11.1 Å². The van der Waals surface area contributed by atoms with Crippen molar-refractivity contribution in [2.24, 2.45) is 0 Å². The fraction of sp³-hybridized carbons (Fsp3) is 0.158. The maximum Gasteiger partial charge on any atom is 0.339 e. The van der Waals surface area contributed by atoms with E-state index in [0.29, 0.717) is 5.75 Å². The van der Waals surface area contributed by atoms with Gasteiger partial charge in [0, 0.05) is 5.39 Å². The van der Waals surface area contributed by atoms with Crippen LogP contribution in [-0.2, 0) is 23.0 Å². The summed E-state index contributed by atoms with van der Waals surface area (Å²) in [5, 5.41) is 1.83. The highest BCUT2D eigenvalue weighted by molar-refractivity contribution is 7.87. The molecule has 1 aliphatic carbocycles. The van der Waals surface area contributed by atoms with Crippen molar-refractivity contribution in [3.8, 4) is 5.75 Å². The van der Waals surface area contributed by atoms with Gasteiger partial charge >= 0.3 is 10.1 Å². The molecule has 3 nitrogen and oxygen atoms in total. The van der Waals surface area contributed by atoms with Crippen LogP contribution in [0.1, 0.15) is 16.7 Å². The van der Waals surface area contributed by atoms with E-state index < -0.39 is 10.1 Å². The standard InChI is InChI=1S/C19H16O3S/c1-13-5-2-3-8-17(13)22-23(20,21)18-12-11-15-10-9-14-6-4-7-16(18)19(14)15/h2-8,11-12H,9-10H2,1H3. The molecule has 0 amide bonds. The summed E-state index contributed by atoms with van der Waals surface area (Å²) in [6, 6.07) is 16.6. The van der Waals surface area contributed by atoms with E-state index in [-0.39, 0.29) is 4.90 Å². The topological polar surface area (TPSA) is 43.4 Å². The molecular weight excluding hydrogens is 308 g/mol. The van der Waals surface area contributed by atoms with Gasteiger partial charge in [-0.05, 0) is 54.0 Å². The highest BCUT2D eigenvalue weighted by atomic mass is 32.2. The molecule has 3 aromatic carbocycles. The minimum absolute atomic E-state index is 0.239. The Kier molecular flexibility index (Phi) is 3.16. The highest BCUT2D eigenvalue weighted by Crippen LogP contribution is 2.35. The number of aryl methyl sites for hydroxylation is 3. The molecule has 0 aliphatic heterocycles. The summed E-state index contributed by atoms with van der Waals surface area (Å²) >= 11 is 0. The SMILES string of the molecule is Cc1ccccc1OS(=O)(=O)c1ccc2c3c(cccc13)CC2. The number of hydrogen-bond donors (Lipinski definition) is 0. The molecule has 4 rings (SSSR count). The maximum atomic E-state index is 12.8. The van der Waals surface area contributed by atoms with Gasteiger partial charge in [-0.15, -0.1) is 0 Å². The van der Waals surface area contributed by atoms with Crippen LogP contribution in [0.5, 0.6) is 5.75 Å². The van der Waals surface area contributed by atoms with Gasteiger partial charge in [-0.2, -0.15) is 8.42 Å². The molecule has 0 spiro atoms. The predicted molar refractivity (Wildman–Crippen MR) is 90.3 cm³/mol. The van der Waals surface area contributed by atoms with E-state index in [2.05, 4.69) is 6.07 Å². The second kappa shape index (κ2) is 5.10. The van der Waals surface area contributed by atoms with Gasteiger partial charge in [0.2, 0.25) is 0 Å². The van der Waals surface area contributed by atoms with Crippen molar-refractivity contribution < 1.29 is 12.6 Å². The first-order chi connectivity index (χ1) is 11.1. The first-order valence-electron chi connectivity index (χ1n) is 7.60. The molecular formula is C19H16O3S. The minimum Gasteiger partial charge on any atom is -0.379 e. The van der Waals surface area contributed by atoms with Crippen LogP contribution in [0.3, 0.4) is 0 Å². The molecule has 0 aromatic heterocycles. The van der Waals surface area contributed by atoms with Crippen molar-refractivity contribution in [3.05, 3.63) is 71.3 Å². The van der Waals surface area contributed by atoms with Crippen molar-refractivity contribution >= 4 is 20.9 Å². The van der Waals surface area contributed by atoms with Crippen molar-refractivity contribution in [2.45, 2.75) is 24.7 Å². The lowest BCUT2D eigenvalue weighted by molar-refractivity contribution is 0.485. The van der Waals surface area contributed by atoms with E-state index >= 15 is 0 Å². The van der Waals surface area contributed by atoms with Crippen LogP contribution in [0.15, 0.2) is 59.5 Å². The Balaban J connectivity index is 1.88. The lowest BCUT2D eigenvalue weighted by Crippen LogP contribution is -2.11. The van der Waals surface area contributed by atoms with Crippen LogP contribution >= 0.6 is 0 Å². The van der Waals surface area contributed by atoms with Gasteiger partial charge in [-0.1, -0.05) is 42.5 Å². The summed E-state index contributed by atoms with van der Waals surface area (Å²) < 4.78 is 31.0. The van der Waals surface area contributed by atoms with Gasteiger partial charge in [-0.25, -0.2) is 0 Å². The van der Waals surface area contributed by atoms with E-state index in [1.807, 2.05) is 37.3 Å². The second-order valence-electron chi connectivity index (χ2n) is 5.87. The third-order valence-corrected chi connectivity index (χ3v) is 5.69. The zero-order valence-corrected chi connectivity index (χ0v) is 13.6. The molecule has 23 heavy (non-hydrogen) atoms. The van der Waals surface area contributed by atoms with Crippen molar-refractivity contribution in [3.63, 3.8) is 0 Å². The zero-order chi connectivity index (χ0) is 16.0. The molecule has 0 N–H and O–H groups in total. The Morgan fingerprint density at radius 2 is 1.61 bits per heavy atom. The monoisotopic (exact) mass is 324 g/mol. The normalized spacial score (nSPS) is 13.4. The number of hydrogen-bond acceptors (Lipinski definition) is 3. The van der Waals surface area contributed by atoms with Crippen molar-refractivity contribution in [2.75, 3.05) is 0 Å². The number of para-hydroxylation sites is 1. The van der Waals surface area contributed by atoms with Gasteiger partial charge in [0.1, 0.15) is 10.6 Å². The molecule has 3 aromatic rings. The van der Waals surface area contributed by atoms with Gasteiger partial charge in [0.25, 0.3) is 0 Å². The van der Waals surface area contributed by atoms with Crippen molar-refractivity contribution in [1.82, 2.24) is 0 Å². The molecule has 0 atom stereocenters. The van der Waals surface area contributed by atoms with E-state index in [1.54, 1.807) is 18.2 Å². The van der Waals surface area contributed by atoms with Crippen LogP contribution in [0.4, 0.5) is 0 Å². The summed E-state index contributed by atoms with van der Waals surface area (Å²) in [6.45, 7) is 1.83. The van der Waals surface area contributed by atoms with Crippen LogP contribution in [0.25, 0.3) is 10.8 Å². The third-order valence-electron chi connectivity index (χ3n) is 4.40. The Morgan fingerprint density at radius 3 is 2.39 bits per heavy atom. The number of rotatable bonds is 3. The molecule has 0 saturated heterocycles. The predicted octanol–water partition coefficient (Wildman–Crippen LogP) is 4.01. The van der Waals surface area contributed by atoms with Crippen LogP contribution < -0.4 is 4.18 Å². The van der Waals surface area contributed by atoms with Crippen LogP contribution in [-0.4, -0.2) is 8.42 Å². The molecule has 4 heteroatoms. The van der Waals surface area contributed by atoms with Gasteiger partial charge in [0.05, 0.1) is 0 Å². The Hall–Kier alpha value is -2.33. The molecule has 0 unspecified atom stereocenters. The Bertz CT molecular complexity index is 1010. The minimum atomic E-state index is -3.87. The van der Waals surface area contributed by atoms with E-state index in [4.69, 9.17) is 4.18 Å². The fourth-order valence-corrected chi connectivity index (χ4v) is 4.44. The van der Waals surface area contributed by atoms with E-state index in [0.717, 1.165) is 29.2 Å². The zero-order valence-electron chi connectivity index (χ0n) is 12.7. The summed E-state index contributed by atoms with van der Waals surface area (Å²) in [4.78, 5) is 0.239. The molecule has 0 saturated carbocycles. The average Bonchev–Trinajstić information content (AvgIpc) is 2.95. The Labute approximate surface area is 135 Å². The lowest BCUT2D eigenvalue weighted by atomic mass is 10.1. The van der Waals surface area contributed by atoms with Crippen molar-refractivity contribution in [1.29, 1.82) is 0 Å². The smallest absolute Gasteiger partial charge is 0.339 e. The average molecular weight is 324 g/mol.